The summed E-state index contributed by atoms with van der Waals surface area (Å²) in [6.45, 7) is 2.65. The van der Waals surface area contributed by atoms with Crippen LogP contribution in [-0.4, -0.2) is 48.1 Å². The molecule has 1 amide bonds. The highest BCUT2D eigenvalue weighted by Crippen LogP contribution is 2.34. The zero-order chi connectivity index (χ0) is 19.6. The van der Waals surface area contributed by atoms with Crippen LogP contribution in [0.25, 0.3) is 6.08 Å². The fourth-order valence-corrected chi connectivity index (χ4v) is 3.37. The summed E-state index contributed by atoms with van der Waals surface area (Å²) in [5.41, 5.74) is 0.786. The number of para-hydroxylation sites is 1. The van der Waals surface area contributed by atoms with E-state index in [0.29, 0.717) is 18.8 Å². The third-order valence-corrected chi connectivity index (χ3v) is 4.74. The smallest absolute Gasteiger partial charge is 0.340 e. The minimum Gasteiger partial charge on any atom is -0.465 e. The number of hydrogen-bond acceptors (Lipinski definition) is 6. The van der Waals surface area contributed by atoms with Crippen LogP contribution in [0.4, 0.5) is 5.69 Å². The number of carbonyl (C=O) groups excluding carboxylic acids is 2. The normalized spacial score (nSPS) is 21.3. The van der Waals surface area contributed by atoms with Gasteiger partial charge in [0.05, 0.1) is 41.4 Å². The molecule has 2 aliphatic rings. The molecule has 0 bridgehead atoms. The van der Waals surface area contributed by atoms with E-state index in [1.165, 1.54) is 30.2 Å². The molecule has 1 saturated heterocycles. The Morgan fingerprint density at radius 3 is 2.81 bits per heavy atom. The summed E-state index contributed by atoms with van der Waals surface area (Å²) >= 11 is 0. The SMILES string of the molecule is COC(=O)C1=C(C)N(C[C@H]2CCCO2)C(=O)/C1=C\c1ccccc1[N+](=O)[O-]. The molecule has 8 heteroatoms. The fraction of sp³-hybridized carbons (Fsp3) is 0.368. The van der Waals surface area contributed by atoms with Gasteiger partial charge in [-0.25, -0.2) is 4.79 Å². The standard InChI is InChI=1S/C19H20N2O6/c1-12-17(19(23)26-2)15(10-13-6-3-4-8-16(13)21(24)25)18(22)20(12)11-14-7-5-9-27-14/h3-4,6,8,10,14H,5,7,9,11H2,1-2H3/b15-10-/t14-/m1/s1. The maximum atomic E-state index is 13.0. The number of nitro benzene ring substituents is 1. The molecule has 27 heavy (non-hydrogen) atoms. The van der Waals surface area contributed by atoms with Gasteiger partial charge in [-0.15, -0.1) is 0 Å². The van der Waals surface area contributed by atoms with E-state index >= 15 is 0 Å². The van der Waals surface area contributed by atoms with Crippen LogP contribution >= 0.6 is 0 Å². The highest BCUT2D eigenvalue weighted by molar-refractivity contribution is 6.16. The molecule has 0 aromatic heterocycles. The zero-order valence-electron chi connectivity index (χ0n) is 15.1. The van der Waals surface area contributed by atoms with E-state index in [0.717, 1.165) is 12.8 Å². The summed E-state index contributed by atoms with van der Waals surface area (Å²) in [4.78, 5) is 37.5. The van der Waals surface area contributed by atoms with Gasteiger partial charge in [0.2, 0.25) is 0 Å². The van der Waals surface area contributed by atoms with Crippen molar-refractivity contribution < 1.29 is 24.0 Å². The summed E-state index contributed by atoms with van der Waals surface area (Å²) in [6.07, 6.45) is 3.06. The summed E-state index contributed by atoms with van der Waals surface area (Å²) in [6, 6.07) is 6.07. The van der Waals surface area contributed by atoms with Crippen molar-refractivity contribution in [3.05, 3.63) is 56.8 Å². The highest BCUT2D eigenvalue weighted by atomic mass is 16.6. The Labute approximate surface area is 156 Å². The third-order valence-electron chi connectivity index (χ3n) is 4.74. The quantitative estimate of drug-likeness (QED) is 0.341. The van der Waals surface area contributed by atoms with Crippen molar-refractivity contribution in [3.63, 3.8) is 0 Å². The molecule has 1 fully saturated rings. The molecule has 0 spiro atoms. The fourth-order valence-electron chi connectivity index (χ4n) is 3.37. The molecule has 2 heterocycles. The minimum absolute atomic E-state index is 0.0895. The van der Waals surface area contributed by atoms with Gasteiger partial charge in [-0.2, -0.15) is 0 Å². The number of methoxy groups -OCH3 is 1. The number of ether oxygens (including phenoxy) is 2. The van der Waals surface area contributed by atoms with Gasteiger partial charge >= 0.3 is 5.97 Å². The predicted octanol–water partition coefficient (Wildman–Crippen LogP) is 2.45. The van der Waals surface area contributed by atoms with Gasteiger partial charge in [-0.05, 0) is 31.9 Å². The van der Waals surface area contributed by atoms with Gasteiger partial charge in [0.25, 0.3) is 11.6 Å². The van der Waals surface area contributed by atoms with Gasteiger partial charge in [-0.3, -0.25) is 14.9 Å². The van der Waals surface area contributed by atoms with Crippen LogP contribution in [0.3, 0.4) is 0 Å². The van der Waals surface area contributed by atoms with Crippen LogP contribution in [-0.2, 0) is 19.1 Å². The molecule has 0 radical (unpaired) electrons. The van der Waals surface area contributed by atoms with Crippen molar-refractivity contribution in [1.29, 1.82) is 0 Å². The van der Waals surface area contributed by atoms with Gasteiger partial charge < -0.3 is 14.4 Å². The van der Waals surface area contributed by atoms with Crippen molar-refractivity contribution in [3.8, 4) is 0 Å². The topological polar surface area (TPSA) is 99.0 Å². The molecular weight excluding hydrogens is 352 g/mol. The van der Waals surface area contributed by atoms with Crippen LogP contribution < -0.4 is 0 Å². The Morgan fingerprint density at radius 2 is 2.19 bits per heavy atom. The molecule has 0 unspecified atom stereocenters. The van der Waals surface area contributed by atoms with Gasteiger partial charge in [0, 0.05) is 18.4 Å². The second kappa shape index (κ2) is 7.71. The number of hydrogen-bond donors (Lipinski definition) is 0. The monoisotopic (exact) mass is 372 g/mol. The number of esters is 1. The summed E-state index contributed by atoms with van der Waals surface area (Å²) in [7, 11) is 1.23. The molecule has 0 N–H and O–H groups in total. The van der Waals surface area contributed by atoms with E-state index in [2.05, 4.69) is 0 Å². The second-order valence-electron chi connectivity index (χ2n) is 6.38. The van der Waals surface area contributed by atoms with E-state index in [9.17, 15) is 19.7 Å². The maximum absolute atomic E-state index is 13.0. The number of nitrogens with zero attached hydrogens (tertiary/aromatic N) is 2. The Hall–Kier alpha value is -3.00. The molecule has 0 saturated carbocycles. The molecule has 0 aliphatic carbocycles. The largest absolute Gasteiger partial charge is 0.465 e. The number of nitro groups is 1. The van der Waals surface area contributed by atoms with Crippen molar-refractivity contribution >= 4 is 23.6 Å². The Morgan fingerprint density at radius 1 is 1.44 bits per heavy atom. The van der Waals surface area contributed by atoms with Crippen molar-refractivity contribution in [2.24, 2.45) is 0 Å². The Bertz CT molecular complexity index is 852. The Kier molecular flexibility index (Phi) is 5.36. The van der Waals surface area contributed by atoms with Gasteiger partial charge in [0.15, 0.2) is 0 Å². The first-order valence-electron chi connectivity index (χ1n) is 8.62. The number of benzene rings is 1. The van der Waals surface area contributed by atoms with Crippen molar-refractivity contribution in [2.45, 2.75) is 25.9 Å². The predicted molar refractivity (Wildman–Crippen MR) is 96.5 cm³/mol. The number of carbonyl (C=O) groups is 2. The van der Waals surface area contributed by atoms with Crippen molar-refractivity contribution in [1.82, 2.24) is 4.90 Å². The number of amides is 1. The molecule has 1 atom stereocenters. The highest BCUT2D eigenvalue weighted by Gasteiger charge is 2.38. The van der Waals surface area contributed by atoms with E-state index < -0.39 is 10.9 Å². The van der Waals surface area contributed by atoms with Crippen LogP contribution in [0.15, 0.2) is 41.1 Å². The molecule has 3 rings (SSSR count). The van der Waals surface area contributed by atoms with E-state index in [1.54, 1.807) is 19.1 Å². The van der Waals surface area contributed by atoms with Crippen molar-refractivity contribution in [2.75, 3.05) is 20.3 Å². The van der Waals surface area contributed by atoms with Gasteiger partial charge in [0.1, 0.15) is 0 Å². The van der Waals surface area contributed by atoms with Crippen LogP contribution in [0, 0.1) is 10.1 Å². The summed E-state index contributed by atoms with van der Waals surface area (Å²) in [5, 5.41) is 11.3. The van der Waals surface area contributed by atoms with E-state index in [1.807, 2.05) is 0 Å². The first kappa shape index (κ1) is 18.8. The lowest BCUT2D eigenvalue weighted by Gasteiger charge is -2.21. The lowest BCUT2D eigenvalue weighted by Crippen LogP contribution is -2.33. The summed E-state index contributed by atoms with van der Waals surface area (Å²) in [5.74, 6) is -1.04. The summed E-state index contributed by atoms with van der Waals surface area (Å²) < 4.78 is 10.4. The molecule has 8 nitrogen and oxygen atoms in total. The lowest BCUT2D eigenvalue weighted by atomic mass is 10.0. The van der Waals surface area contributed by atoms with Crippen LogP contribution in [0.1, 0.15) is 25.3 Å². The van der Waals surface area contributed by atoms with Crippen LogP contribution in [0.5, 0.6) is 0 Å². The maximum Gasteiger partial charge on any atom is 0.340 e. The first-order chi connectivity index (χ1) is 12.9. The molecule has 1 aromatic carbocycles. The Balaban J connectivity index is 2.04. The molecule has 142 valence electrons. The lowest BCUT2D eigenvalue weighted by molar-refractivity contribution is -0.385. The third kappa shape index (κ3) is 3.61. The number of rotatable bonds is 5. The molecule has 2 aliphatic heterocycles. The van der Waals surface area contributed by atoms with Crippen LogP contribution in [0.2, 0.25) is 0 Å². The van der Waals surface area contributed by atoms with E-state index in [4.69, 9.17) is 9.47 Å². The average molecular weight is 372 g/mol. The molecule has 1 aromatic rings. The minimum atomic E-state index is -0.652. The average Bonchev–Trinajstić information content (AvgIpc) is 3.24. The number of allylic oxidation sites excluding steroid dienone is 1. The first-order valence-corrected chi connectivity index (χ1v) is 8.62. The zero-order valence-corrected chi connectivity index (χ0v) is 15.1. The molecular formula is C19H20N2O6. The van der Waals surface area contributed by atoms with E-state index in [-0.39, 0.29) is 34.4 Å². The second-order valence-corrected chi connectivity index (χ2v) is 6.38. The van der Waals surface area contributed by atoms with Gasteiger partial charge in [-0.1, -0.05) is 12.1 Å².